The summed E-state index contributed by atoms with van der Waals surface area (Å²) in [5, 5.41) is 13.0. The van der Waals surface area contributed by atoms with E-state index in [4.69, 9.17) is 17.3 Å². The average molecular weight is 497 g/mol. The predicted molar refractivity (Wildman–Crippen MR) is 125 cm³/mol. The number of benzene rings is 3. The lowest BCUT2D eigenvalue weighted by molar-refractivity contribution is -0.137. The summed E-state index contributed by atoms with van der Waals surface area (Å²) in [5.74, 6) is 0. The Morgan fingerprint density at radius 1 is 1.06 bits per heavy atom. The van der Waals surface area contributed by atoms with Crippen molar-refractivity contribution < 1.29 is 23.2 Å². The number of alkyl halides is 3. The molecular weight excluding hydrogens is 480 g/mol. The second kappa shape index (κ2) is 9.22. The van der Waals surface area contributed by atoms with Gasteiger partial charge < -0.3 is 15.6 Å². The highest BCUT2D eigenvalue weighted by Gasteiger charge is 2.34. The van der Waals surface area contributed by atoms with Crippen molar-refractivity contribution >= 4 is 58.0 Å². The highest BCUT2D eigenvalue weighted by molar-refractivity contribution is 6.31. The van der Waals surface area contributed by atoms with Crippen LogP contribution in [0.2, 0.25) is 5.02 Å². The fourth-order valence-corrected chi connectivity index (χ4v) is 3.50. The van der Waals surface area contributed by atoms with Crippen LogP contribution in [0.3, 0.4) is 0 Å². The Labute approximate surface area is 197 Å². The number of hydroxylamine groups is 1. The van der Waals surface area contributed by atoms with E-state index >= 15 is 0 Å². The lowest BCUT2D eigenvalue weighted by Crippen LogP contribution is -2.32. The number of fused-ring (bicyclic) bond motifs is 1. The number of urea groups is 1. The van der Waals surface area contributed by atoms with Crippen molar-refractivity contribution in [2.24, 2.45) is 0 Å². The van der Waals surface area contributed by atoms with Gasteiger partial charge in [-0.05, 0) is 60.7 Å². The summed E-state index contributed by atoms with van der Waals surface area (Å²) in [5.41, 5.74) is 7.14. The molecule has 0 saturated carbocycles. The van der Waals surface area contributed by atoms with Crippen molar-refractivity contribution in [1.82, 2.24) is 4.57 Å². The van der Waals surface area contributed by atoms with Gasteiger partial charge in [-0.15, -0.1) is 12.4 Å². The van der Waals surface area contributed by atoms with E-state index in [0.29, 0.717) is 17.4 Å². The number of nitrogens with zero attached hydrogens (tertiary/aromatic N) is 2. The Morgan fingerprint density at radius 2 is 1.76 bits per heavy atom. The van der Waals surface area contributed by atoms with Gasteiger partial charge in [0.2, 0.25) is 0 Å². The highest BCUT2D eigenvalue weighted by atomic mass is 35.5. The number of anilines is 3. The molecule has 0 radical (unpaired) electrons. The van der Waals surface area contributed by atoms with Crippen molar-refractivity contribution in [3.05, 3.63) is 83.5 Å². The van der Waals surface area contributed by atoms with Crippen molar-refractivity contribution in [3.8, 4) is 5.69 Å². The molecule has 4 N–H and O–H groups in total. The smallest absolute Gasteiger partial charge is 0.398 e. The Bertz CT molecular complexity index is 1310. The number of hydrogen-bond acceptors (Lipinski definition) is 3. The molecule has 33 heavy (non-hydrogen) atoms. The topological polar surface area (TPSA) is 83.5 Å². The Morgan fingerprint density at radius 3 is 2.42 bits per heavy atom. The Hall–Kier alpha value is -3.40. The molecule has 1 heterocycles. The van der Waals surface area contributed by atoms with Gasteiger partial charge in [0.05, 0.1) is 21.8 Å². The van der Waals surface area contributed by atoms with Crippen LogP contribution in [0.4, 0.5) is 35.0 Å². The Kier molecular flexibility index (Phi) is 6.78. The van der Waals surface area contributed by atoms with E-state index in [1.165, 1.54) is 0 Å². The van der Waals surface area contributed by atoms with Crippen LogP contribution in [0.1, 0.15) is 5.56 Å². The molecule has 1 aromatic heterocycles. The summed E-state index contributed by atoms with van der Waals surface area (Å²) < 4.78 is 41.0. The molecule has 0 atom stereocenters. The third-order valence-electron chi connectivity index (χ3n) is 4.86. The quantitative estimate of drug-likeness (QED) is 0.167. The number of nitrogens with two attached hydrogens (primary N) is 1. The molecule has 6 nitrogen and oxygen atoms in total. The summed E-state index contributed by atoms with van der Waals surface area (Å²) in [6, 6.07) is 15.8. The van der Waals surface area contributed by atoms with Crippen LogP contribution in [0, 0.1) is 0 Å². The maximum Gasteiger partial charge on any atom is 0.417 e. The fraction of sp³-hybridized carbons (Fsp3) is 0.0455. The lowest BCUT2D eigenvalue weighted by Gasteiger charge is -2.18. The van der Waals surface area contributed by atoms with Gasteiger partial charge in [0, 0.05) is 28.6 Å². The molecule has 0 unspecified atom stereocenters. The first-order valence-electron chi connectivity index (χ1n) is 9.28. The zero-order chi connectivity index (χ0) is 23.0. The third kappa shape index (κ3) is 4.85. The zero-order valence-electron chi connectivity index (χ0n) is 16.7. The van der Waals surface area contributed by atoms with Gasteiger partial charge in [0.25, 0.3) is 0 Å². The summed E-state index contributed by atoms with van der Waals surface area (Å²) in [6.07, 6.45) is -2.86. The molecule has 2 amide bonds. The van der Waals surface area contributed by atoms with E-state index in [1.54, 1.807) is 24.3 Å². The van der Waals surface area contributed by atoms with Crippen molar-refractivity contribution in [2.75, 3.05) is 16.1 Å². The van der Waals surface area contributed by atoms with Gasteiger partial charge >= 0.3 is 12.2 Å². The molecule has 0 fully saturated rings. The minimum atomic E-state index is -4.73. The lowest BCUT2D eigenvalue weighted by atomic mass is 10.2. The molecule has 4 aromatic rings. The minimum absolute atomic E-state index is 0. The van der Waals surface area contributed by atoms with Crippen LogP contribution in [0.25, 0.3) is 16.6 Å². The highest BCUT2D eigenvalue weighted by Crippen LogP contribution is 2.37. The number of carbonyl (C=O) groups is 1. The maximum atomic E-state index is 13.0. The molecule has 0 saturated heterocycles. The molecule has 3 aromatic carbocycles. The SMILES string of the molecule is Cl.Nc1cccc2c1ccn2-c1ccc(NC(=O)N(O)c2ccc(Cl)c(C(F)(F)F)c2)cc1. The van der Waals surface area contributed by atoms with E-state index in [0.717, 1.165) is 28.7 Å². The summed E-state index contributed by atoms with van der Waals surface area (Å²) in [4.78, 5) is 12.3. The largest absolute Gasteiger partial charge is 0.417 e. The zero-order valence-corrected chi connectivity index (χ0v) is 18.2. The molecule has 4 rings (SSSR count). The first kappa shape index (κ1) is 24.2. The molecule has 0 spiro atoms. The van der Waals surface area contributed by atoms with E-state index in [2.05, 4.69) is 5.32 Å². The third-order valence-corrected chi connectivity index (χ3v) is 5.19. The van der Waals surface area contributed by atoms with Gasteiger partial charge in [-0.2, -0.15) is 18.2 Å². The number of carbonyl (C=O) groups excluding carboxylic acids is 1. The summed E-state index contributed by atoms with van der Waals surface area (Å²) in [6.45, 7) is 0. The normalized spacial score (nSPS) is 11.2. The average Bonchev–Trinajstić information content (AvgIpc) is 3.19. The second-order valence-corrected chi connectivity index (χ2v) is 7.32. The predicted octanol–water partition coefficient (Wildman–Crippen LogP) is 6.73. The van der Waals surface area contributed by atoms with Crippen LogP contribution in [-0.4, -0.2) is 15.8 Å². The van der Waals surface area contributed by atoms with Crippen molar-refractivity contribution in [1.29, 1.82) is 0 Å². The van der Waals surface area contributed by atoms with Gasteiger partial charge in [0.15, 0.2) is 0 Å². The van der Waals surface area contributed by atoms with E-state index in [1.807, 2.05) is 35.0 Å². The fourth-order valence-electron chi connectivity index (χ4n) is 3.28. The van der Waals surface area contributed by atoms with Gasteiger partial charge in [-0.1, -0.05) is 17.7 Å². The first-order chi connectivity index (χ1) is 15.1. The van der Waals surface area contributed by atoms with Gasteiger partial charge in [-0.3, -0.25) is 5.21 Å². The molecule has 0 aliphatic rings. The van der Waals surface area contributed by atoms with Crippen LogP contribution in [0.5, 0.6) is 0 Å². The number of nitrogens with one attached hydrogen (secondary N) is 1. The van der Waals surface area contributed by atoms with E-state index in [-0.39, 0.29) is 23.2 Å². The number of halogens is 5. The molecule has 0 aliphatic carbocycles. The number of nitrogen functional groups attached to an aromatic ring is 1. The monoisotopic (exact) mass is 496 g/mol. The summed E-state index contributed by atoms with van der Waals surface area (Å²) in [7, 11) is 0. The number of hydrogen-bond donors (Lipinski definition) is 3. The molecular formula is C22H17Cl2F3N4O2. The van der Waals surface area contributed by atoms with Gasteiger partial charge in [0.1, 0.15) is 0 Å². The summed E-state index contributed by atoms with van der Waals surface area (Å²) >= 11 is 5.57. The van der Waals surface area contributed by atoms with E-state index in [9.17, 15) is 23.2 Å². The maximum absolute atomic E-state index is 13.0. The van der Waals surface area contributed by atoms with Gasteiger partial charge in [-0.25, -0.2) is 4.79 Å². The second-order valence-electron chi connectivity index (χ2n) is 6.92. The van der Waals surface area contributed by atoms with Crippen molar-refractivity contribution in [3.63, 3.8) is 0 Å². The molecule has 0 bridgehead atoms. The standard InChI is InChI=1S/C22H16ClF3N4O2.ClH/c23-18-9-8-15(12-17(18)22(24,25)26)30(32)21(31)28-13-4-6-14(7-5-13)29-11-10-16-19(27)2-1-3-20(16)29;/h1-12,32H,27H2,(H,28,31);1H. The van der Waals surface area contributed by atoms with E-state index < -0.39 is 22.8 Å². The number of rotatable bonds is 3. The van der Waals surface area contributed by atoms with Crippen LogP contribution in [0.15, 0.2) is 72.9 Å². The minimum Gasteiger partial charge on any atom is -0.398 e. The van der Waals surface area contributed by atoms with Crippen molar-refractivity contribution in [2.45, 2.75) is 6.18 Å². The first-order valence-corrected chi connectivity index (χ1v) is 9.65. The van der Waals surface area contributed by atoms with Crippen LogP contribution in [-0.2, 0) is 6.18 Å². The molecule has 11 heteroatoms. The van der Waals surface area contributed by atoms with Crippen LogP contribution < -0.4 is 16.1 Å². The van der Waals surface area contributed by atoms with Crippen LogP contribution >= 0.6 is 24.0 Å². The number of amides is 2. The molecule has 0 aliphatic heterocycles. The number of aromatic nitrogens is 1. The molecule has 172 valence electrons. The Balaban J connectivity index is 0.00000306.